The molecular formula is C42H37N5. The first-order valence-corrected chi connectivity index (χ1v) is 15.6. The Balaban J connectivity index is 0.000000198. The summed E-state index contributed by atoms with van der Waals surface area (Å²) in [6, 6.07) is 51.7. The molecule has 0 unspecified atom stereocenters. The van der Waals surface area contributed by atoms with Gasteiger partial charge in [-0.3, -0.25) is 10.4 Å². The standard InChI is InChI=1S/C28H21N3.C7H8N2.C7H8/c29-17-22-15-20-5-1-2-6-21(20)16-25(22)19-9-11-23(12-10-19)31-27-8-4-3-7-24(27)26-18-30-14-13-28(26)31;8-7(9)6-4-2-1-3-5-6;1-7-5-3-2-4-6-7/h1-16,18H,17,29H2;1-5H,(H3,8,9);2-6H,1H3. The fourth-order valence-corrected chi connectivity index (χ4v) is 5.76. The van der Waals surface area contributed by atoms with Gasteiger partial charge in [-0.05, 0) is 70.8 Å². The molecule has 2 aromatic heterocycles. The van der Waals surface area contributed by atoms with E-state index in [9.17, 15) is 0 Å². The number of nitrogens with zero attached hydrogens (tertiary/aromatic N) is 2. The van der Waals surface area contributed by atoms with Gasteiger partial charge >= 0.3 is 0 Å². The zero-order chi connectivity index (χ0) is 32.6. The molecule has 5 N–H and O–H groups in total. The lowest BCUT2D eigenvalue weighted by Crippen LogP contribution is -2.10. The molecule has 0 fully saturated rings. The van der Waals surface area contributed by atoms with Crippen LogP contribution in [0.1, 0.15) is 16.7 Å². The Morgan fingerprint density at radius 1 is 0.660 bits per heavy atom. The molecule has 0 spiro atoms. The van der Waals surface area contributed by atoms with Crippen LogP contribution in [-0.2, 0) is 6.54 Å². The highest BCUT2D eigenvalue weighted by molar-refractivity contribution is 6.08. The quantitative estimate of drug-likeness (QED) is 0.137. The molecule has 0 aliphatic rings. The maximum atomic E-state index is 7.01. The van der Waals surface area contributed by atoms with Crippen molar-refractivity contribution in [3.63, 3.8) is 0 Å². The molecule has 6 aromatic carbocycles. The molecule has 0 bridgehead atoms. The van der Waals surface area contributed by atoms with Crippen molar-refractivity contribution in [1.29, 1.82) is 5.41 Å². The van der Waals surface area contributed by atoms with Crippen molar-refractivity contribution < 1.29 is 0 Å². The highest BCUT2D eigenvalue weighted by Gasteiger charge is 2.12. The zero-order valence-electron chi connectivity index (χ0n) is 26.3. The third-order valence-corrected chi connectivity index (χ3v) is 8.13. The lowest BCUT2D eigenvalue weighted by atomic mass is 9.95. The maximum Gasteiger partial charge on any atom is 0.122 e. The minimum Gasteiger partial charge on any atom is -0.384 e. The van der Waals surface area contributed by atoms with Crippen molar-refractivity contribution in [1.82, 2.24) is 9.55 Å². The Bertz CT molecular complexity index is 2200. The van der Waals surface area contributed by atoms with Crippen LogP contribution in [0.25, 0.3) is 49.4 Å². The lowest BCUT2D eigenvalue weighted by molar-refractivity contribution is 1.08. The number of aromatic nitrogens is 2. The van der Waals surface area contributed by atoms with Crippen LogP contribution >= 0.6 is 0 Å². The molecule has 2 heterocycles. The van der Waals surface area contributed by atoms with Crippen LogP contribution in [0.4, 0.5) is 0 Å². The minimum absolute atomic E-state index is 0.121. The Hall–Kier alpha value is -6.04. The van der Waals surface area contributed by atoms with Crippen LogP contribution in [0.5, 0.6) is 0 Å². The van der Waals surface area contributed by atoms with Gasteiger partial charge < -0.3 is 16.0 Å². The van der Waals surface area contributed by atoms with Crippen molar-refractivity contribution in [3.8, 4) is 16.8 Å². The molecule has 0 aliphatic heterocycles. The van der Waals surface area contributed by atoms with Crippen molar-refractivity contribution >= 4 is 38.4 Å². The van der Waals surface area contributed by atoms with E-state index < -0.39 is 0 Å². The Morgan fingerprint density at radius 2 is 1.26 bits per heavy atom. The number of para-hydroxylation sites is 1. The fraction of sp³-hybridized carbons (Fsp3) is 0.0476. The van der Waals surface area contributed by atoms with Gasteiger partial charge in [-0.25, -0.2) is 0 Å². The third-order valence-electron chi connectivity index (χ3n) is 8.13. The van der Waals surface area contributed by atoms with Crippen molar-refractivity contribution in [2.24, 2.45) is 11.5 Å². The van der Waals surface area contributed by atoms with Crippen LogP contribution in [0.15, 0.2) is 164 Å². The largest absolute Gasteiger partial charge is 0.384 e. The van der Waals surface area contributed by atoms with E-state index in [2.05, 4.69) is 120 Å². The summed E-state index contributed by atoms with van der Waals surface area (Å²) in [5.41, 5.74) is 20.4. The van der Waals surface area contributed by atoms with Gasteiger partial charge in [0.15, 0.2) is 0 Å². The normalized spacial score (nSPS) is 10.6. The smallest absolute Gasteiger partial charge is 0.122 e. The van der Waals surface area contributed by atoms with Gasteiger partial charge in [0.05, 0.1) is 11.0 Å². The predicted molar refractivity (Wildman–Crippen MR) is 198 cm³/mol. The summed E-state index contributed by atoms with van der Waals surface area (Å²) in [6.07, 6.45) is 3.81. The second kappa shape index (κ2) is 14.4. The van der Waals surface area contributed by atoms with Crippen LogP contribution in [0.2, 0.25) is 0 Å². The van der Waals surface area contributed by atoms with Crippen molar-refractivity contribution in [3.05, 3.63) is 181 Å². The summed E-state index contributed by atoms with van der Waals surface area (Å²) in [4.78, 5) is 4.34. The average Bonchev–Trinajstić information content (AvgIpc) is 3.47. The highest BCUT2D eigenvalue weighted by atomic mass is 15.0. The topological polar surface area (TPSA) is 93.7 Å². The van der Waals surface area contributed by atoms with Crippen molar-refractivity contribution in [2.45, 2.75) is 13.5 Å². The van der Waals surface area contributed by atoms with E-state index in [1.54, 1.807) is 0 Å². The summed E-state index contributed by atoms with van der Waals surface area (Å²) in [7, 11) is 0. The van der Waals surface area contributed by atoms with E-state index >= 15 is 0 Å². The number of fused-ring (bicyclic) bond motifs is 4. The van der Waals surface area contributed by atoms with E-state index in [-0.39, 0.29) is 5.84 Å². The van der Waals surface area contributed by atoms with Crippen LogP contribution in [0, 0.1) is 12.3 Å². The number of nitrogens with one attached hydrogen (secondary N) is 1. The monoisotopic (exact) mass is 611 g/mol. The summed E-state index contributed by atoms with van der Waals surface area (Å²) in [5, 5.41) is 11.9. The molecule has 230 valence electrons. The number of hydrogen-bond acceptors (Lipinski definition) is 3. The number of nitrogen functional groups attached to an aromatic ring is 1. The zero-order valence-corrected chi connectivity index (χ0v) is 26.3. The van der Waals surface area contributed by atoms with Gasteiger partial charge in [-0.2, -0.15) is 0 Å². The molecule has 0 aliphatic carbocycles. The number of aryl methyl sites for hydroxylation is 1. The molecule has 47 heavy (non-hydrogen) atoms. The molecule has 0 saturated carbocycles. The van der Waals surface area contributed by atoms with Gasteiger partial charge in [-0.15, -0.1) is 0 Å². The summed E-state index contributed by atoms with van der Waals surface area (Å²) in [6.45, 7) is 2.60. The molecule has 0 saturated heterocycles. The highest BCUT2D eigenvalue weighted by Crippen LogP contribution is 2.33. The third kappa shape index (κ3) is 6.96. The lowest BCUT2D eigenvalue weighted by Gasteiger charge is -2.13. The number of benzene rings is 6. The fourth-order valence-electron chi connectivity index (χ4n) is 5.76. The first-order chi connectivity index (χ1) is 23.0. The molecule has 8 rings (SSSR count). The first kappa shape index (κ1) is 31.0. The van der Waals surface area contributed by atoms with E-state index in [0.29, 0.717) is 6.54 Å². The second-order valence-corrected chi connectivity index (χ2v) is 11.3. The van der Waals surface area contributed by atoms with Gasteiger partial charge in [0.25, 0.3) is 0 Å². The van der Waals surface area contributed by atoms with Gasteiger partial charge in [0.1, 0.15) is 5.84 Å². The molecular weight excluding hydrogens is 574 g/mol. The van der Waals surface area contributed by atoms with Gasteiger partial charge in [0.2, 0.25) is 0 Å². The molecule has 8 aromatic rings. The van der Waals surface area contributed by atoms with E-state index in [1.165, 1.54) is 43.8 Å². The molecule has 5 nitrogen and oxygen atoms in total. The summed E-state index contributed by atoms with van der Waals surface area (Å²) >= 11 is 0. The van der Waals surface area contributed by atoms with E-state index in [0.717, 1.165) is 22.3 Å². The minimum atomic E-state index is 0.121. The van der Waals surface area contributed by atoms with Crippen LogP contribution < -0.4 is 11.5 Å². The van der Waals surface area contributed by atoms with Crippen molar-refractivity contribution in [2.75, 3.05) is 0 Å². The Kier molecular flexibility index (Phi) is 9.47. The Morgan fingerprint density at radius 3 is 1.87 bits per heavy atom. The SMILES string of the molecule is Cc1ccccc1.N=C(N)c1ccccc1.NCc1cc2ccccc2cc1-c1ccc(-n2c3ccccc3c3cnccc32)cc1. The van der Waals surface area contributed by atoms with Crippen LogP contribution in [-0.4, -0.2) is 15.4 Å². The van der Waals surface area contributed by atoms with Crippen LogP contribution in [0.3, 0.4) is 0 Å². The number of pyridine rings is 1. The number of rotatable bonds is 4. The van der Waals surface area contributed by atoms with Gasteiger partial charge in [-0.1, -0.05) is 121 Å². The van der Waals surface area contributed by atoms with E-state index in [4.69, 9.17) is 16.9 Å². The molecule has 5 heteroatoms. The van der Waals surface area contributed by atoms with Gasteiger partial charge in [0, 0.05) is 41.0 Å². The summed E-state index contributed by atoms with van der Waals surface area (Å²) < 4.78 is 2.31. The molecule has 0 atom stereocenters. The summed E-state index contributed by atoms with van der Waals surface area (Å²) in [5.74, 6) is 0.121. The maximum absolute atomic E-state index is 7.01. The predicted octanol–water partition coefficient (Wildman–Crippen LogP) is 9.42. The number of hydrogen-bond donors (Lipinski definition) is 3. The second-order valence-electron chi connectivity index (χ2n) is 11.3. The molecule has 0 amide bonds. The Labute approximate surface area is 275 Å². The molecule has 0 radical (unpaired) electrons. The number of nitrogens with two attached hydrogens (primary N) is 2. The van der Waals surface area contributed by atoms with E-state index in [1.807, 2.05) is 60.9 Å². The average molecular weight is 612 g/mol. The number of amidine groups is 1. The first-order valence-electron chi connectivity index (χ1n) is 15.6.